The first-order chi connectivity index (χ1) is 6.06. The highest BCUT2D eigenvalue weighted by Crippen LogP contribution is 2.34. The molecule has 0 aromatic heterocycles. The number of benzene rings is 1. The number of rotatable bonds is 2. The summed E-state index contributed by atoms with van der Waals surface area (Å²) in [4.78, 5) is 0. The standard InChI is InChI=1S/C9H8Cl3O/c1-2-8(13)9-6(11)3-5(10)4-7(9)12/h3-4,8H,2H2,1H3. The van der Waals surface area contributed by atoms with Crippen molar-refractivity contribution in [2.24, 2.45) is 0 Å². The summed E-state index contributed by atoms with van der Waals surface area (Å²) >= 11 is 17.4. The molecule has 1 nitrogen and oxygen atoms in total. The molecule has 71 valence electrons. The Hall–Kier alpha value is 0.0500. The lowest BCUT2D eigenvalue weighted by Crippen LogP contribution is -1.95. The fourth-order valence-electron chi connectivity index (χ4n) is 1.07. The second kappa shape index (κ2) is 4.52. The lowest BCUT2D eigenvalue weighted by Gasteiger charge is -2.10. The van der Waals surface area contributed by atoms with Crippen LogP contribution in [0.5, 0.6) is 0 Å². The Morgan fingerprint density at radius 2 is 1.69 bits per heavy atom. The van der Waals surface area contributed by atoms with Crippen LogP contribution in [-0.4, -0.2) is 0 Å². The normalized spacial score (nSPS) is 13.0. The van der Waals surface area contributed by atoms with Crippen molar-refractivity contribution >= 4 is 34.8 Å². The van der Waals surface area contributed by atoms with Gasteiger partial charge in [0.25, 0.3) is 0 Å². The van der Waals surface area contributed by atoms with E-state index in [1.165, 1.54) is 12.1 Å². The predicted molar refractivity (Wildman–Crippen MR) is 55.2 cm³/mol. The fraction of sp³-hybridized carbons (Fsp3) is 0.333. The molecule has 0 aliphatic carbocycles. The highest BCUT2D eigenvalue weighted by atomic mass is 35.5. The lowest BCUT2D eigenvalue weighted by molar-refractivity contribution is 0.0859. The van der Waals surface area contributed by atoms with Gasteiger partial charge < -0.3 is 0 Å². The minimum absolute atomic E-state index is 0.347. The second-order valence-corrected chi connectivity index (χ2v) is 3.93. The van der Waals surface area contributed by atoms with Crippen molar-refractivity contribution in [3.05, 3.63) is 32.8 Å². The zero-order valence-electron chi connectivity index (χ0n) is 6.98. The molecule has 13 heavy (non-hydrogen) atoms. The molecule has 0 saturated heterocycles. The highest BCUT2D eigenvalue weighted by Gasteiger charge is 2.15. The maximum atomic E-state index is 11.4. The van der Waals surface area contributed by atoms with Crippen LogP contribution in [0.4, 0.5) is 0 Å². The molecule has 1 rings (SSSR count). The average Bonchev–Trinajstić information content (AvgIpc) is 2.02. The molecule has 1 radical (unpaired) electrons. The van der Waals surface area contributed by atoms with Crippen LogP contribution in [0.2, 0.25) is 15.1 Å². The summed E-state index contributed by atoms with van der Waals surface area (Å²) in [7, 11) is 0. The molecular formula is C9H8Cl3O. The van der Waals surface area contributed by atoms with Gasteiger partial charge in [-0.15, -0.1) is 0 Å². The van der Waals surface area contributed by atoms with Gasteiger partial charge >= 0.3 is 0 Å². The van der Waals surface area contributed by atoms with E-state index in [4.69, 9.17) is 34.8 Å². The summed E-state index contributed by atoms with van der Waals surface area (Å²) < 4.78 is 0. The Balaban J connectivity index is 3.20. The monoisotopic (exact) mass is 237 g/mol. The van der Waals surface area contributed by atoms with Gasteiger partial charge in [0.15, 0.2) is 0 Å². The summed E-state index contributed by atoms with van der Waals surface area (Å²) in [6, 6.07) is 3.07. The first kappa shape index (κ1) is 11.1. The van der Waals surface area contributed by atoms with Gasteiger partial charge in [0.2, 0.25) is 0 Å². The molecule has 0 bridgehead atoms. The quantitative estimate of drug-likeness (QED) is 0.721. The average molecular weight is 239 g/mol. The van der Waals surface area contributed by atoms with Crippen LogP contribution in [0.15, 0.2) is 12.1 Å². The first-order valence-electron chi connectivity index (χ1n) is 3.86. The van der Waals surface area contributed by atoms with Crippen LogP contribution in [0.25, 0.3) is 0 Å². The molecule has 1 unspecified atom stereocenters. The Morgan fingerprint density at radius 1 is 1.23 bits per heavy atom. The van der Waals surface area contributed by atoms with E-state index in [0.717, 1.165) is 0 Å². The van der Waals surface area contributed by atoms with Crippen LogP contribution in [0, 0.1) is 0 Å². The third-order valence-corrected chi connectivity index (χ3v) is 2.58. The zero-order chi connectivity index (χ0) is 10.0. The number of hydrogen-bond donors (Lipinski definition) is 0. The fourth-order valence-corrected chi connectivity index (χ4v) is 2.13. The molecule has 0 fully saturated rings. The van der Waals surface area contributed by atoms with Gasteiger partial charge in [-0.3, -0.25) is 0 Å². The number of hydrogen-bond acceptors (Lipinski definition) is 0. The van der Waals surface area contributed by atoms with Crippen LogP contribution >= 0.6 is 34.8 Å². The van der Waals surface area contributed by atoms with Crippen molar-refractivity contribution in [1.29, 1.82) is 0 Å². The van der Waals surface area contributed by atoms with Crippen LogP contribution in [-0.2, 0) is 5.11 Å². The summed E-state index contributed by atoms with van der Waals surface area (Å²) in [6.07, 6.45) is -0.418. The van der Waals surface area contributed by atoms with Gasteiger partial charge in [0, 0.05) is 20.6 Å². The minimum atomic E-state index is -0.878. The molecule has 4 heteroatoms. The van der Waals surface area contributed by atoms with E-state index in [9.17, 15) is 5.11 Å². The third-order valence-electron chi connectivity index (χ3n) is 1.74. The topological polar surface area (TPSA) is 19.9 Å². The molecule has 0 amide bonds. The molecule has 0 N–H and O–H groups in total. The van der Waals surface area contributed by atoms with Gasteiger partial charge in [-0.25, -0.2) is 5.11 Å². The van der Waals surface area contributed by atoms with E-state index in [1.807, 2.05) is 0 Å². The highest BCUT2D eigenvalue weighted by molar-refractivity contribution is 6.39. The van der Waals surface area contributed by atoms with Gasteiger partial charge in [0.05, 0.1) is 0 Å². The molecule has 1 aromatic rings. The van der Waals surface area contributed by atoms with Crippen molar-refractivity contribution < 1.29 is 5.11 Å². The van der Waals surface area contributed by atoms with E-state index < -0.39 is 6.10 Å². The molecule has 0 saturated carbocycles. The zero-order valence-corrected chi connectivity index (χ0v) is 9.25. The molecule has 1 atom stereocenters. The predicted octanol–water partition coefficient (Wildman–Crippen LogP) is 4.53. The summed E-state index contributed by atoms with van der Waals surface area (Å²) in [5, 5.41) is 12.6. The SMILES string of the molecule is CCC([O])c1c(Cl)cc(Cl)cc1Cl. The molecule has 1 aromatic carbocycles. The first-order valence-corrected chi connectivity index (χ1v) is 5.00. The van der Waals surface area contributed by atoms with Crippen LogP contribution in [0.1, 0.15) is 25.0 Å². The van der Waals surface area contributed by atoms with E-state index in [-0.39, 0.29) is 0 Å². The largest absolute Gasteiger partial charge is 0.228 e. The lowest BCUT2D eigenvalue weighted by atomic mass is 10.1. The van der Waals surface area contributed by atoms with E-state index in [2.05, 4.69) is 0 Å². The van der Waals surface area contributed by atoms with Gasteiger partial charge in [0.1, 0.15) is 6.10 Å². The van der Waals surface area contributed by atoms with Gasteiger partial charge in [-0.1, -0.05) is 41.7 Å². The summed E-state index contributed by atoms with van der Waals surface area (Å²) in [5.74, 6) is 0. The van der Waals surface area contributed by atoms with E-state index >= 15 is 0 Å². The molecule has 0 heterocycles. The van der Waals surface area contributed by atoms with Gasteiger partial charge in [-0.2, -0.15) is 0 Å². The number of halogens is 3. The second-order valence-electron chi connectivity index (χ2n) is 2.68. The molecular weight excluding hydrogens is 230 g/mol. The van der Waals surface area contributed by atoms with Crippen molar-refractivity contribution in [2.75, 3.05) is 0 Å². The third kappa shape index (κ3) is 2.50. The minimum Gasteiger partial charge on any atom is -0.228 e. The van der Waals surface area contributed by atoms with Crippen molar-refractivity contribution in [2.45, 2.75) is 19.4 Å². The van der Waals surface area contributed by atoms with Gasteiger partial charge in [-0.05, 0) is 18.6 Å². The van der Waals surface area contributed by atoms with Crippen molar-refractivity contribution in [3.8, 4) is 0 Å². The Bertz CT molecular complexity index is 289. The molecule has 0 aliphatic rings. The molecule has 0 aliphatic heterocycles. The maximum Gasteiger partial charge on any atom is 0.121 e. The van der Waals surface area contributed by atoms with Crippen molar-refractivity contribution in [1.82, 2.24) is 0 Å². The van der Waals surface area contributed by atoms with E-state index in [0.29, 0.717) is 27.1 Å². The Morgan fingerprint density at radius 3 is 2.08 bits per heavy atom. The maximum absolute atomic E-state index is 11.4. The smallest absolute Gasteiger partial charge is 0.121 e. The summed E-state index contributed by atoms with van der Waals surface area (Å²) in [5.41, 5.74) is 0.440. The molecule has 0 spiro atoms. The Kier molecular flexibility index (Phi) is 3.87. The Labute approximate surface area is 92.2 Å². The van der Waals surface area contributed by atoms with E-state index in [1.54, 1.807) is 6.92 Å². The summed E-state index contributed by atoms with van der Waals surface area (Å²) in [6.45, 7) is 1.79. The van der Waals surface area contributed by atoms with Crippen LogP contribution < -0.4 is 0 Å². The van der Waals surface area contributed by atoms with Crippen LogP contribution in [0.3, 0.4) is 0 Å². The van der Waals surface area contributed by atoms with Crippen molar-refractivity contribution in [3.63, 3.8) is 0 Å².